The van der Waals surface area contributed by atoms with Crippen LogP contribution in [-0.4, -0.2) is 74.9 Å². The standard InChI is InChI=1S/C18H31N5O2/c1-3-20-18(21-9-13-25-17-5-4-8-19-15-17)22-16-6-10-23(11-7-16)12-14-24-2/h4-5,8,15-16H,3,6-7,9-14H2,1-2H3,(H2,20,21,22). The fraction of sp³-hybridized carbons (Fsp3) is 0.667. The highest BCUT2D eigenvalue weighted by atomic mass is 16.5. The molecule has 1 fully saturated rings. The molecule has 0 unspecified atom stereocenters. The van der Waals surface area contributed by atoms with E-state index in [2.05, 4.69) is 32.4 Å². The van der Waals surface area contributed by atoms with E-state index in [4.69, 9.17) is 9.47 Å². The largest absolute Gasteiger partial charge is 0.490 e. The van der Waals surface area contributed by atoms with Crippen molar-refractivity contribution in [2.45, 2.75) is 25.8 Å². The summed E-state index contributed by atoms with van der Waals surface area (Å²) in [4.78, 5) is 11.1. The van der Waals surface area contributed by atoms with Crippen molar-refractivity contribution in [3.63, 3.8) is 0 Å². The van der Waals surface area contributed by atoms with Crippen LogP contribution in [0.2, 0.25) is 0 Å². The van der Waals surface area contributed by atoms with Crippen LogP contribution in [0.15, 0.2) is 29.5 Å². The van der Waals surface area contributed by atoms with Crippen LogP contribution in [0.25, 0.3) is 0 Å². The van der Waals surface area contributed by atoms with Crippen molar-refractivity contribution in [1.29, 1.82) is 0 Å². The van der Waals surface area contributed by atoms with Crippen molar-refractivity contribution in [2.24, 2.45) is 4.99 Å². The molecule has 7 nitrogen and oxygen atoms in total. The Labute approximate surface area is 150 Å². The number of hydrogen-bond acceptors (Lipinski definition) is 5. The van der Waals surface area contributed by atoms with Gasteiger partial charge in [-0.15, -0.1) is 0 Å². The number of nitrogens with zero attached hydrogens (tertiary/aromatic N) is 3. The van der Waals surface area contributed by atoms with E-state index in [9.17, 15) is 0 Å². The Balaban J connectivity index is 1.70. The average molecular weight is 349 g/mol. The third kappa shape index (κ3) is 7.70. The molecule has 1 aromatic rings. The van der Waals surface area contributed by atoms with Crippen LogP contribution in [-0.2, 0) is 4.74 Å². The van der Waals surface area contributed by atoms with E-state index < -0.39 is 0 Å². The highest BCUT2D eigenvalue weighted by molar-refractivity contribution is 5.80. The second-order valence-electron chi connectivity index (χ2n) is 6.05. The molecule has 25 heavy (non-hydrogen) atoms. The zero-order valence-electron chi connectivity index (χ0n) is 15.4. The highest BCUT2D eigenvalue weighted by Crippen LogP contribution is 2.10. The maximum absolute atomic E-state index is 5.63. The average Bonchev–Trinajstić information content (AvgIpc) is 2.65. The Kier molecular flexibility index (Phi) is 9.07. The normalized spacial score (nSPS) is 16.6. The van der Waals surface area contributed by atoms with Crippen LogP contribution in [0.4, 0.5) is 0 Å². The zero-order chi connectivity index (χ0) is 17.7. The summed E-state index contributed by atoms with van der Waals surface area (Å²) in [6.07, 6.45) is 5.70. The lowest BCUT2D eigenvalue weighted by Gasteiger charge is -2.32. The fourth-order valence-corrected chi connectivity index (χ4v) is 2.79. The predicted molar refractivity (Wildman–Crippen MR) is 100 cm³/mol. The molecule has 1 aliphatic heterocycles. The lowest BCUT2D eigenvalue weighted by molar-refractivity contribution is 0.128. The number of guanidine groups is 1. The molecule has 0 atom stereocenters. The monoisotopic (exact) mass is 349 g/mol. The van der Waals surface area contributed by atoms with Crippen molar-refractivity contribution >= 4 is 5.96 Å². The number of likely N-dealkylation sites (tertiary alicyclic amines) is 1. The summed E-state index contributed by atoms with van der Waals surface area (Å²) in [7, 11) is 1.76. The van der Waals surface area contributed by atoms with Gasteiger partial charge in [0.1, 0.15) is 12.4 Å². The summed E-state index contributed by atoms with van der Waals surface area (Å²) in [6.45, 7) is 8.10. The molecule has 0 aromatic carbocycles. The fourth-order valence-electron chi connectivity index (χ4n) is 2.79. The SMILES string of the molecule is CCNC(=NCCOc1cccnc1)NC1CCN(CCOC)CC1. The molecular weight excluding hydrogens is 318 g/mol. The number of methoxy groups -OCH3 is 1. The van der Waals surface area contributed by atoms with Crippen LogP contribution >= 0.6 is 0 Å². The molecule has 0 bridgehead atoms. The van der Waals surface area contributed by atoms with Gasteiger partial charge in [-0.05, 0) is 31.9 Å². The number of nitrogens with one attached hydrogen (secondary N) is 2. The van der Waals surface area contributed by atoms with Gasteiger partial charge in [0.25, 0.3) is 0 Å². The van der Waals surface area contributed by atoms with Crippen molar-refractivity contribution < 1.29 is 9.47 Å². The minimum Gasteiger partial charge on any atom is -0.490 e. The van der Waals surface area contributed by atoms with Gasteiger partial charge in [-0.1, -0.05) is 0 Å². The van der Waals surface area contributed by atoms with Crippen molar-refractivity contribution in [2.75, 3.05) is 53.0 Å². The molecule has 0 spiro atoms. The lowest BCUT2D eigenvalue weighted by Crippen LogP contribution is -2.49. The van der Waals surface area contributed by atoms with E-state index in [-0.39, 0.29) is 0 Å². The van der Waals surface area contributed by atoms with Gasteiger partial charge >= 0.3 is 0 Å². The molecule has 1 aromatic heterocycles. The third-order valence-electron chi connectivity index (χ3n) is 4.15. The van der Waals surface area contributed by atoms with Crippen LogP contribution in [0, 0.1) is 0 Å². The summed E-state index contributed by atoms with van der Waals surface area (Å²) >= 11 is 0. The summed E-state index contributed by atoms with van der Waals surface area (Å²) in [5.41, 5.74) is 0. The van der Waals surface area contributed by atoms with Gasteiger partial charge in [0, 0.05) is 45.5 Å². The minimum atomic E-state index is 0.468. The molecule has 1 saturated heterocycles. The maximum Gasteiger partial charge on any atom is 0.191 e. The van der Waals surface area contributed by atoms with Gasteiger partial charge in [0.2, 0.25) is 0 Å². The van der Waals surface area contributed by atoms with Crippen molar-refractivity contribution in [3.8, 4) is 5.75 Å². The molecule has 2 heterocycles. The number of hydrogen-bond donors (Lipinski definition) is 2. The second-order valence-corrected chi connectivity index (χ2v) is 6.05. The second kappa shape index (κ2) is 11.7. The summed E-state index contributed by atoms with van der Waals surface area (Å²) < 4.78 is 10.8. The Bertz CT molecular complexity index is 489. The number of ether oxygens (including phenoxy) is 2. The highest BCUT2D eigenvalue weighted by Gasteiger charge is 2.19. The smallest absolute Gasteiger partial charge is 0.191 e. The van der Waals surface area contributed by atoms with Crippen LogP contribution in [0.3, 0.4) is 0 Å². The molecule has 1 aliphatic rings. The topological polar surface area (TPSA) is 71.0 Å². The van der Waals surface area contributed by atoms with E-state index in [1.54, 1.807) is 19.5 Å². The van der Waals surface area contributed by atoms with Gasteiger partial charge in [0.05, 0.1) is 19.3 Å². The first-order chi connectivity index (χ1) is 12.3. The first-order valence-corrected chi connectivity index (χ1v) is 9.10. The van der Waals surface area contributed by atoms with Gasteiger partial charge in [0.15, 0.2) is 5.96 Å². The van der Waals surface area contributed by atoms with Gasteiger partial charge in [-0.2, -0.15) is 0 Å². The molecule has 0 amide bonds. The number of pyridine rings is 1. The zero-order valence-corrected chi connectivity index (χ0v) is 15.4. The number of aromatic nitrogens is 1. The van der Waals surface area contributed by atoms with Gasteiger partial charge in [-0.25, -0.2) is 4.99 Å². The number of aliphatic imine (C=N–C) groups is 1. The van der Waals surface area contributed by atoms with E-state index in [1.165, 1.54) is 0 Å². The number of piperidine rings is 1. The van der Waals surface area contributed by atoms with Crippen LogP contribution in [0.1, 0.15) is 19.8 Å². The minimum absolute atomic E-state index is 0.468. The maximum atomic E-state index is 5.63. The molecule has 0 aliphatic carbocycles. The summed E-state index contributed by atoms with van der Waals surface area (Å²) in [5, 5.41) is 6.86. The Hall–Kier alpha value is -1.86. The molecule has 7 heteroatoms. The van der Waals surface area contributed by atoms with Gasteiger partial charge in [-0.3, -0.25) is 4.98 Å². The van der Waals surface area contributed by atoms with Crippen molar-refractivity contribution in [1.82, 2.24) is 20.5 Å². The molecule has 0 radical (unpaired) electrons. The number of rotatable bonds is 9. The van der Waals surface area contributed by atoms with Crippen LogP contribution in [0.5, 0.6) is 5.75 Å². The van der Waals surface area contributed by atoms with E-state index in [1.807, 2.05) is 12.1 Å². The summed E-state index contributed by atoms with van der Waals surface area (Å²) in [6, 6.07) is 4.23. The van der Waals surface area contributed by atoms with E-state index in [0.717, 1.165) is 57.3 Å². The molecular formula is C18H31N5O2. The molecule has 0 saturated carbocycles. The summed E-state index contributed by atoms with van der Waals surface area (Å²) in [5.74, 6) is 1.65. The molecule has 2 N–H and O–H groups in total. The first kappa shape index (κ1) is 19.5. The Morgan fingerprint density at radius 2 is 2.20 bits per heavy atom. The molecule has 140 valence electrons. The van der Waals surface area contributed by atoms with Crippen LogP contribution < -0.4 is 15.4 Å². The lowest BCUT2D eigenvalue weighted by atomic mass is 10.1. The molecule has 2 rings (SSSR count). The van der Waals surface area contributed by atoms with Gasteiger partial charge < -0.3 is 25.0 Å². The quantitative estimate of drug-likeness (QED) is 0.396. The Morgan fingerprint density at radius 3 is 2.88 bits per heavy atom. The predicted octanol–water partition coefficient (Wildman–Crippen LogP) is 1.13. The first-order valence-electron chi connectivity index (χ1n) is 9.10. The third-order valence-corrected chi connectivity index (χ3v) is 4.15. The van der Waals surface area contributed by atoms with E-state index in [0.29, 0.717) is 19.2 Å². The Morgan fingerprint density at radius 1 is 1.36 bits per heavy atom. The van der Waals surface area contributed by atoms with E-state index >= 15 is 0 Å². The van der Waals surface area contributed by atoms with Crippen molar-refractivity contribution in [3.05, 3.63) is 24.5 Å².